The molecule has 0 aromatic heterocycles. The van der Waals surface area contributed by atoms with Crippen LogP contribution >= 0.6 is 15.9 Å². The zero-order chi connectivity index (χ0) is 18.7. The maximum atomic E-state index is 11.9. The van der Waals surface area contributed by atoms with E-state index in [1.807, 2.05) is 26.2 Å². The van der Waals surface area contributed by atoms with Gasteiger partial charge in [0.1, 0.15) is 6.04 Å². The summed E-state index contributed by atoms with van der Waals surface area (Å²) in [6.45, 7) is 0.799. The summed E-state index contributed by atoms with van der Waals surface area (Å²) in [5.41, 5.74) is 3.39. The maximum absolute atomic E-state index is 11.9. The van der Waals surface area contributed by atoms with E-state index in [2.05, 4.69) is 62.1 Å². The molecule has 2 atom stereocenters. The first-order valence-corrected chi connectivity index (χ1v) is 9.78. The first-order chi connectivity index (χ1) is 12.5. The highest BCUT2D eigenvalue weighted by atomic mass is 79.9. The summed E-state index contributed by atoms with van der Waals surface area (Å²) in [4.78, 5) is 16.1. The number of rotatable bonds is 5. The zero-order valence-electron chi connectivity index (χ0n) is 15.2. The van der Waals surface area contributed by atoms with Gasteiger partial charge >= 0.3 is 5.97 Å². The van der Waals surface area contributed by atoms with Crippen LogP contribution in [0.1, 0.15) is 36.4 Å². The van der Waals surface area contributed by atoms with Crippen LogP contribution in [0.4, 0.5) is 5.69 Å². The Hall–Kier alpha value is -1.85. The quantitative estimate of drug-likeness (QED) is 0.776. The molecule has 2 aromatic carbocycles. The molecule has 5 heteroatoms. The van der Waals surface area contributed by atoms with Crippen molar-refractivity contribution in [3.8, 4) is 0 Å². The van der Waals surface area contributed by atoms with Gasteiger partial charge in [0, 0.05) is 24.3 Å². The minimum Gasteiger partial charge on any atom is -0.480 e. The summed E-state index contributed by atoms with van der Waals surface area (Å²) in [5.74, 6) is -0.725. The van der Waals surface area contributed by atoms with Gasteiger partial charge in [-0.05, 0) is 54.8 Å². The van der Waals surface area contributed by atoms with Gasteiger partial charge in [0.05, 0.1) is 6.04 Å². The number of aliphatic carboxylic acids is 1. The van der Waals surface area contributed by atoms with Crippen LogP contribution in [0.5, 0.6) is 0 Å². The van der Waals surface area contributed by atoms with E-state index in [1.165, 1.54) is 0 Å². The van der Waals surface area contributed by atoms with E-state index in [0.29, 0.717) is 6.42 Å². The van der Waals surface area contributed by atoms with E-state index >= 15 is 0 Å². The van der Waals surface area contributed by atoms with Crippen molar-refractivity contribution in [1.82, 2.24) is 4.90 Å². The number of nitrogens with zero attached hydrogens (tertiary/aromatic N) is 2. The number of piperidine rings is 1. The number of anilines is 1. The normalized spacial score (nSPS) is 19.1. The Morgan fingerprint density at radius 3 is 2.19 bits per heavy atom. The molecule has 1 heterocycles. The minimum absolute atomic E-state index is 0.0549. The fourth-order valence-corrected chi connectivity index (χ4v) is 3.97. The van der Waals surface area contributed by atoms with Crippen LogP contribution in [0.15, 0.2) is 53.0 Å². The van der Waals surface area contributed by atoms with Crippen molar-refractivity contribution >= 4 is 27.6 Å². The fourth-order valence-electron chi connectivity index (χ4n) is 3.70. The minimum atomic E-state index is -0.725. The molecule has 0 radical (unpaired) electrons. The Morgan fingerprint density at radius 1 is 1.08 bits per heavy atom. The van der Waals surface area contributed by atoms with Gasteiger partial charge in [-0.15, -0.1) is 0 Å². The third kappa shape index (κ3) is 4.10. The van der Waals surface area contributed by atoms with Gasteiger partial charge in [-0.25, -0.2) is 0 Å². The van der Waals surface area contributed by atoms with Gasteiger partial charge in [0.15, 0.2) is 0 Å². The highest BCUT2D eigenvalue weighted by Crippen LogP contribution is 2.35. The van der Waals surface area contributed by atoms with Crippen LogP contribution < -0.4 is 4.90 Å². The first-order valence-electron chi connectivity index (χ1n) is 8.98. The van der Waals surface area contributed by atoms with Crippen molar-refractivity contribution in [2.45, 2.75) is 31.3 Å². The summed E-state index contributed by atoms with van der Waals surface area (Å²) in [6, 6.07) is 16.2. The van der Waals surface area contributed by atoms with E-state index in [-0.39, 0.29) is 6.04 Å². The van der Waals surface area contributed by atoms with Crippen molar-refractivity contribution < 1.29 is 9.90 Å². The molecule has 0 saturated carbocycles. The Labute approximate surface area is 163 Å². The van der Waals surface area contributed by atoms with E-state index in [4.69, 9.17) is 0 Å². The number of hydrogen-bond donors (Lipinski definition) is 1. The number of benzene rings is 2. The van der Waals surface area contributed by atoms with Gasteiger partial charge in [0.25, 0.3) is 0 Å². The molecule has 0 amide bonds. The summed E-state index contributed by atoms with van der Waals surface area (Å²) < 4.78 is 1.02. The van der Waals surface area contributed by atoms with E-state index in [0.717, 1.165) is 40.7 Å². The fraction of sp³-hybridized carbons (Fsp3) is 0.381. The number of carbonyl (C=O) groups is 1. The summed E-state index contributed by atoms with van der Waals surface area (Å²) in [5, 5.41) is 9.76. The van der Waals surface area contributed by atoms with Gasteiger partial charge < -0.3 is 10.0 Å². The predicted molar refractivity (Wildman–Crippen MR) is 109 cm³/mol. The molecule has 0 bridgehead atoms. The van der Waals surface area contributed by atoms with Crippen molar-refractivity contribution in [3.05, 3.63) is 64.1 Å². The number of halogens is 1. The van der Waals surface area contributed by atoms with Crippen LogP contribution in [0.2, 0.25) is 0 Å². The lowest BCUT2D eigenvalue weighted by atomic mass is 9.91. The average Bonchev–Trinajstić information content (AvgIpc) is 2.64. The SMILES string of the molecule is CN(C)c1ccc(C(c2ccc(Br)cc2)N2CCCCC2C(=O)O)cc1. The zero-order valence-corrected chi connectivity index (χ0v) is 16.8. The molecule has 0 spiro atoms. The summed E-state index contributed by atoms with van der Waals surface area (Å²) in [7, 11) is 4.04. The lowest BCUT2D eigenvalue weighted by Crippen LogP contribution is -2.46. The second kappa shape index (κ2) is 8.23. The molecule has 26 heavy (non-hydrogen) atoms. The topological polar surface area (TPSA) is 43.8 Å². The third-order valence-electron chi connectivity index (χ3n) is 5.07. The van der Waals surface area contributed by atoms with E-state index in [1.54, 1.807) is 0 Å². The second-order valence-corrected chi connectivity index (χ2v) is 7.94. The Kier molecular flexibility index (Phi) is 5.99. The van der Waals surface area contributed by atoms with Gasteiger partial charge in [-0.3, -0.25) is 9.69 Å². The molecule has 1 N–H and O–H groups in total. The molecular formula is C21H25BrN2O2. The third-order valence-corrected chi connectivity index (χ3v) is 5.60. The predicted octanol–water partition coefficient (Wildman–Crippen LogP) is 4.54. The van der Waals surface area contributed by atoms with Gasteiger partial charge in [-0.1, -0.05) is 46.6 Å². The summed E-state index contributed by atoms with van der Waals surface area (Å²) in [6.07, 6.45) is 2.71. The molecule has 2 unspecified atom stereocenters. The van der Waals surface area contributed by atoms with Crippen LogP contribution in [0.25, 0.3) is 0 Å². The van der Waals surface area contributed by atoms with Gasteiger partial charge in [-0.2, -0.15) is 0 Å². The van der Waals surface area contributed by atoms with Crippen LogP contribution in [-0.2, 0) is 4.79 Å². The van der Waals surface area contributed by atoms with Gasteiger partial charge in [0.2, 0.25) is 0 Å². The smallest absolute Gasteiger partial charge is 0.320 e. The van der Waals surface area contributed by atoms with Crippen molar-refractivity contribution in [2.24, 2.45) is 0 Å². The Morgan fingerprint density at radius 2 is 1.65 bits per heavy atom. The lowest BCUT2D eigenvalue weighted by molar-refractivity contribution is -0.145. The number of likely N-dealkylation sites (tertiary alicyclic amines) is 1. The van der Waals surface area contributed by atoms with Crippen LogP contribution in [0, 0.1) is 0 Å². The molecule has 1 fully saturated rings. The van der Waals surface area contributed by atoms with Crippen LogP contribution in [-0.4, -0.2) is 42.7 Å². The maximum Gasteiger partial charge on any atom is 0.320 e. The molecule has 4 nitrogen and oxygen atoms in total. The largest absolute Gasteiger partial charge is 0.480 e. The lowest BCUT2D eigenvalue weighted by Gasteiger charge is -2.39. The molecule has 3 rings (SSSR count). The standard InChI is InChI=1S/C21H25BrN2O2/c1-23(2)18-12-8-16(9-13-18)20(15-6-10-17(22)11-7-15)24-14-4-3-5-19(24)21(25)26/h6-13,19-20H,3-5,14H2,1-2H3,(H,25,26). The molecule has 0 aliphatic carbocycles. The first kappa shape index (κ1) is 18.9. The molecule has 1 aliphatic heterocycles. The Balaban J connectivity index is 2.03. The van der Waals surface area contributed by atoms with Crippen LogP contribution in [0.3, 0.4) is 0 Å². The molecule has 1 saturated heterocycles. The molecule has 2 aromatic rings. The number of carboxylic acid groups (broad SMARTS) is 1. The molecular weight excluding hydrogens is 392 g/mol. The molecule has 1 aliphatic rings. The van der Waals surface area contributed by atoms with E-state index in [9.17, 15) is 9.90 Å². The Bertz CT molecular complexity index is 744. The average molecular weight is 417 g/mol. The number of hydrogen-bond acceptors (Lipinski definition) is 3. The highest BCUT2D eigenvalue weighted by molar-refractivity contribution is 9.10. The molecule has 138 valence electrons. The van der Waals surface area contributed by atoms with Crippen molar-refractivity contribution in [3.63, 3.8) is 0 Å². The van der Waals surface area contributed by atoms with Crippen molar-refractivity contribution in [2.75, 3.05) is 25.5 Å². The van der Waals surface area contributed by atoms with E-state index < -0.39 is 12.0 Å². The number of carboxylic acids is 1. The monoisotopic (exact) mass is 416 g/mol. The second-order valence-electron chi connectivity index (χ2n) is 7.03. The highest BCUT2D eigenvalue weighted by Gasteiger charge is 2.35. The van der Waals surface area contributed by atoms with Crippen molar-refractivity contribution in [1.29, 1.82) is 0 Å². The summed E-state index contributed by atoms with van der Waals surface area (Å²) >= 11 is 3.49.